The average Bonchev–Trinajstić information content (AvgIpc) is 2.70. The van der Waals surface area contributed by atoms with Crippen molar-refractivity contribution in [2.45, 2.75) is 38.4 Å². The van der Waals surface area contributed by atoms with Gasteiger partial charge in [-0.25, -0.2) is 0 Å². The molecule has 0 fully saturated rings. The molecule has 2 aromatic rings. The Bertz CT molecular complexity index is 1040. The smallest absolute Gasteiger partial charge is 0.405 e. The van der Waals surface area contributed by atoms with E-state index < -0.39 is 18.6 Å². The molecule has 0 aliphatic carbocycles. The number of alkyl halides is 3. The molecule has 0 saturated carbocycles. The molecule has 1 amide bonds. The van der Waals surface area contributed by atoms with Crippen molar-refractivity contribution >= 4 is 17.4 Å². The topological polar surface area (TPSA) is 67.8 Å². The van der Waals surface area contributed by atoms with Crippen LogP contribution in [0.1, 0.15) is 52.1 Å². The highest BCUT2D eigenvalue weighted by Gasteiger charge is 2.29. The van der Waals surface area contributed by atoms with Crippen molar-refractivity contribution in [3.63, 3.8) is 0 Å². The molecule has 0 saturated heterocycles. The third-order valence-electron chi connectivity index (χ3n) is 4.91. The van der Waals surface area contributed by atoms with Crippen LogP contribution < -0.4 is 10.1 Å². The molecule has 1 N–H and O–H groups in total. The van der Waals surface area contributed by atoms with E-state index in [9.17, 15) is 22.8 Å². The van der Waals surface area contributed by atoms with Crippen molar-refractivity contribution in [2.75, 3.05) is 13.7 Å². The molecule has 8 heteroatoms. The average molecular weight is 432 g/mol. The van der Waals surface area contributed by atoms with Gasteiger partial charge in [0.05, 0.1) is 24.8 Å². The lowest BCUT2D eigenvalue weighted by atomic mass is 9.85. The predicted octanol–water partition coefficient (Wildman–Crippen LogP) is 4.38. The third kappa shape index (κ3) is 5.71. The van der Waals surface area contributed by atoms with Crippen molar-refractivity contribution in [1.29, 1.82) is 0 Å². The number of benzene rings is 2. The van der Waals surface area contributed by atoms with Crippen molar-refractivity contribution in [1.82, 2.24) is 5.32 Å². The molecular weight excluding hydrogens is 409 g/mol. The van der Waals surface area contributed by atoms with Crippen LogP contribution in [0, 0.1) is 0 Å². The maximum Gasteiger partial charge on any atom is 0.405 e. The van der Waals surface area contributed by atoms with Crippen LogP contribution >= 0.6 is 0 Å². The summed E-state index contributed by atoms with van der Waals surface area (Å²) < 4.78 is 42.3. The molecule has 2 aromatic carbocycles. The number of halogens is 3. The van der Waals surface area contributed by atoms with Crippen LogP contribution in [-0.2, 0) is 6.42 Å². The lowest BCUT2D eigenvalue weighted by molar-refractivity contribution is -0.123. The number of nitrogens with zero attached hydrogens (tertiary/aromatic N) is 1. The Morgan fingerprint density at radius 1 is 1.13 bits per heavy atom. The normalized spacial score (nSPS) is 15.0. The van der Waals surface area contributed by atoms with Gasteiger partial charge in [0.2, 0.25) is 0 Å². The van der Waals surface area contributed by atoms with E-state index in [1.807, 2.05) is 37.4 Å². The number of ketones is 1. The zero-order valence-corrected chi connectivity index (χ0v) is 17.5. The summed E-state index contributed by atoms with van der Waals surface area (Å²) in [4.78, 5) is 29.7. The second-order valence-electron chi connectivity index (χ2n) is 8.05. The van der Waals surface area contributed by atoms with E-state index in [-0.39, 0.29) is 28.9 Å². The minimum Gasteiger partial charge on any atom is -0.497 e. The quantitative estimate of drug-likeness (QED) is 0.689. The first-order valence-electron chi connectivity index (χ1n) is 9.72. The number of amides is 1. The molecule has 0 bridgehead atoms. The summed E-state index contributed by atoms with van der Waals surface area (Å²) in [5.41, 5.74) is 2.35. The zero-order valence-electron chi connectivity index (χ0n) is 17.5. The van der Waals surface area contributed by atoms with Crippen molar-refractivity contribution in [3.8, 4) is 5.75 Å². The standard InChI is InChI=1S/C23H23F3N2O3/c1-22(2)12-16-7-8-17(31-3)10-18(16)19(28-22)11-20(29)14-5-4-6-15(9-14)21(30)27-13-23(24,25)26/h4-10H,11-13H2,1-3H3,(H,27,30). The number of aliphatic imine (C=N–C) groups is 1. The summed E-state index contributed by atoms with van der Waals surface area (Å²) in [7, 11) is 1.56. The Balaban J connectivity index is 1.83. The van der Waals surface area contributed by atoms with Gasteiger partial charge in [0.15, 0.2) is 5.78 Å². The summed E-state index contributed by atoms with van der Waals surface area (Å²) in [5.74, 6) is -0.518. The molecule has 0 atom stereocenters. The highest BCUT2D eigenvalue weighted by Crippen LogP contribution is 2.31. The van der Waals surface area contributed by atoms with E-state index >= 15 is 0 Å². The lowest BCUT2D eigenvalue weighted by Gasteiger charge is -2.29. The third-order valence-corrected chi connectivity index (χ3v) is 4.91. The molecule has 1 heterocycles. The number of ether oxygens (including phenoxy) is 1. The number of hydrogen-bond acceptors (Lipinski definition) is 4. The van der Waals surface area contributed by atoms with E-state index in [0.29, 0.717) is 11.5 Å². The highest BCUT2D eigenvalue weighted by atomic mass is 19.4. The number of carbonyl (C=O) groups excluding carboxylic acids is 2. The van der Waals surface area contributed by atoms with Crippen LogP contribution in [0.25, 0.3) is 0 Å². The van der Waals surface area contributed by atoms with Crippen LogP contribution in [0.2, 0.25) is 0 Å². The van der Waals surface area contributed by atoms with Crippen molar-refractivity contribution < 1.29 is 27.5 Å². The molecule has 0 unspecified atom stereocenters. The van der Waals surface area contributed by atoms with Gasteiger partial charge in [-0.15, -0.1) is 0 Å². The fourth-order valence-corrected chi connectivity index (χ4v) is 3.54. The number of nitrogens with one attached hydrogen (secondary N) is 1. The Kier molecular flexibility index (Phi) is 6.20. The number of carbonyl (C=O) groups is 2. The van der Waals surface area contributed by atoms with Crippen LogP contribution in [-0.4, -0.2) is 42.8 Å². The fourth-order valence-electron chi connectivity index (χ4n) is 3.54. The lowest BCUT2D eigenvalue weighted by Crippen LogP contribution is -2.33. The summed E-state index contributed by atoms with van der Waals surface area (Å²) in [6.07, 6.45) is -3.79. The number of Topliss-reactive ketones (excluding diaryl/α,β-unsaturated/α-hetero) is 1. The van der Waals surface area contributed by atoms with Gasteiger partial charge in [-0.2, -0.15) is 13.2 Å². The largest absolute Gasteiger partial charge is 0.497 e. The van der Waals surface area contributed by atoms with Gasteiger partial charge < -0.3 is 10.1 Å². The van der Waals surface area contributed by atoms with E-state index in [0.717, 1.165) is 17.5 Å². The maximum absolute atomic E-state index is 13.0. The van der Waals surface area contributed by atoms with Gasteiger partial charge in [0, 0.05) is 16.7 Å². The number of rotatable bonds is 6. The first-order valence-corrected chi connectivity index (χ1v) is 9.72. The Morgan fingerprint density at radius 3 is 2.52 bits per heavy atom. The van der Waals surface area contributed by atoms with E-state index in [4.69, 9.17) is 9.73 Å². The predicted molar refractivity (Wildman–Crippen MR) is 111 cm³/mol. The Morgan fingerprint density at radius 2 is 1.84 bits per heavy atom. The zero-order chi connectivity index (χ0) is 22.8. The van der Waals surface area contributed by atoms with Crippen LogP contribution in [0.3, 0.4) is 0 Å². The van der Waals surface area contributed by atoms with Gasteiger partial charge in [-0.05, 0) is 50.1 Å². The Labute approximate surface area is 178 Å². The maximum atomic E-state index is 13.0. The molecule has 164 valence electrons. The Hall–Kier alpha value is -3.16. The summed E-state index contributed by atoms with van der Waals surface area (Å²) in [6.45, 7) is 2.53. The van der Waals surface area contributed by atoms with Gasteiger partial charge in [0.25, 0.3) is 5.91 Å². The van der Waals surface area contributed by atoms with Crippen LogP contribution in [0.15, 0.2) is 47.5 Å². The molecular formula is C23H23F3N2O3. The first kappa shape index (κ1) is 22.5. The summed E-state index contributed by atoms with van der Waals surface area (Å²) in [6, 6.07) is 11.3. The van der Waals surface area contributed by atoms with Gasteiger partial charge >= 0.3 is 6.18 Å². The van der Waals surface area contributed by atoms with Crippen LogP contribution in [0.4, 0.5) is 13.2 Å². The van der Waals surface area contributed by atoms with E-state index in [2.05, 4.69) is 0 Å². The molecule has 1 aliphatic rings. The molecule has 0 aromatic heterocycles. The number of methoxy groups -OCH3 is 1. The highest BCUT2D eigenvalue weighted by molar-refractivity contribution is 6.17. The van der Waals surface area contributed by atoms with Gasteiger partial charge in [0.1, 0.15) is 12.3 Å². The molecule has 0 radical (unpaired) electrons. The molecule has 31 heavy (non-hydrogen) atoms. The molecule has 5 nitrogen and oxygen atoms in total. The minimum atomic E-state index is -4.51. The second-order valence-corrected chi connectivity index (χ2v) is 8.05. The van der Waals surface area contributed by atoms with Crippen LogP contribution in [0.5, 0.6) is 5.75 Å². The van der Waals surface area contributed by atoms with E-state index in [1.165, 1.54) is 24.3 Å². The number of hydrogen-bond donors (Lipinski definition) is 1. The number of fused-ring (bicyclic) bond motifs is 1. The van der Waals surface area contributed by atoms with Gasteiger partial charge in [-0.3, -0.25) is 14.6 Å². The van der Waals surface area contributed by atoms with Crippen molar-refractivity contribution in [2.24, 2.45) is 4.99 Å². The van der Waals surface area contributed by atoms with Crippen molar-refractivity contribution in [3.05, 3.63) is 64.7 Å². The molecule has 3 rings (SSSR count). The SMILES string of the molecule is COc1ccc2c(c1)C(CC(=O)c1cccc(C(=O)NCC(F)(F)F)c1)=NC(C)(C)C2. The summed E-state index contributed by atoms with van der Waals surface area (Å²) in [5, 5.41) is 1.81. The molecule has 0 spiro atoms. The minimum absolute atomic E-state index is 0.00276. The molecule has 1 aliphatic heterocycles. The summed E-state index contributed by atoms with van der Waals surface area (Å²) >= 11 is 0. The second kappa shape index (κ2) is 8.53. The first-order chi connectivity index (χ1) is 14.5. The van der Waals surface area contributed by atoms with Gasteiger partial charge in [-0.1, -0.05) is 18.2 Å². The fraction of sp³-hybridized carbons (Fsp3) is 0.348. The van der Waals surface area contributed by atoms with E-state index in [1.54, 1.807) is 7.11 Å². The monoisotopic (exact) mass is 432 g/mol.